The van der Waals surface area contributed by atoms with Gasteiger partial charge in [-0.3, -0.25) is 4.79 Å². The summed E-state index contributed by atoms with van der Waals surface area (Å²) in [5, 5.41) is 18.8. The normalized spacial score (nSPS) is 26.7. The summed E-state index contributed by atoms with van der Waals surface area (Å²) in [6, 6.07) is 4.77. The maximum Gasteiger partial charge on any atom is 0.326 e. The largest absolute Gasteiger partial charge is 0.480 e. The molecule has 2 aliphatic rings. The Balaban J connectivity index is 1.87. The van der Waals surface area contributed by atoms with Crippen molar-refractivity contribution in [2.24, 2.45) is 0 Å². The molecule has 112 valence electrons. The number of carboxylic acids is 1. The Hall–Kier alpha value is -1.95. The predicted molar refractivity (Wildman–Crippen MR) is 71.1 cm³/mol. The summed E-state index contributed by atoms with van der Waals surface area (Å²) >= 11 is 0. The number of likely N-dealkylation sites (tertiary alicyclic amines) is 1. The minimum atomic E-state index is -1.10. The Labute approximate surface area is 121 Å². The molecule has 3 rings (SSSR count). The number of hydrogen-bond acceptors (Lipinski definition) is 3. The van der Waals surface area contributed by atoms with Crippen LogP contribution in [0.1, 0.15) is 24.8 Å². The molecule has 1 aliphatic carbocycles. The summed E-state index contributed by atoms with van der Waals surface area (Å²) < 4.78 is 13.0. The number of carboxylic acid groups (broad SMARTS) is 1. The third kappa shape index (κ3) is 2.29. The Bertz CT molecular complexity index is 582. The zero-order valence-electron chi connectivity index (χ0n) is 11.3. The Morgan fingerprint density at radius 1 is 1.24 bits per heavy atom. The zero-order chi connectivity index (χ0) is 15.2. The van der Waals surface area contributed by atoms with Gasteiger partial charge in [-0.05, 0) is 30.5 Å². The molecule has 2 fully saturated rings. The van der Waals surface area contributed by atoms with E-state index in [1.807, 2.05) is 0 Å². The van der Waals surface area contributed by atoms with E-state index in [4.69, 9.17) is 0 Å². The highest BCUT2D eigenvalue weighted by Crippen LogP contribution is 2.50. The second-order valence-corrected chi connectivity index (χ2v) is 5.79. The van der Waals surface area contributed by atoms with Crippen LogP contribution in [0.3, 0.4) is 0 Å². The molecule has 0 aromatic heterocycles. The van der Waals surface area contributed by atoms with Crippen LogP contribution in [0.4, 0.5) is 4.39 Å². The van der Waals surface area contributed by atoms with Crippen molar-refractivity contribution in [2.45, 2.75) is 36.8 Å². The lowest BCUT2D eigenvalue weighted by Crippen LogP contribution is -2.45. The van der Waals surface area contributed by atoms with Crippen molar-refractivity contribution >= 4 is 11.9 Å². The van der Waals surface area contributed by atoms with E-state index in [1.54, 1.807) is 12.1 Å². The summed E-state index contributed by atoms with van der Waals surface area (Å²) in [5.41, 5.74) is -0.0368. The number of benzene rings is 1. The average molecular weight is 293 g/mol. The van der Waals surface area contributed by atoms with E-state index in [9.17, 15) is 24.2 Å². The molecule has 1 saturated heterocycles. The molecule has 0 spiro atoms. The molecular formula is C15H16FNO4. The van der Waals surface area contributed by atoms with Crippen molar-refractivity contribution in [1.82, 2.24) is 4.90 Å². The van der Waals surface area contributed by atoms with Gasteiger partial charge in [0.15, 0.2) is 0 Å². The van der Waals surface area contributed by atoms with Gasteiger partial charge in [0.1, 0.15) is 11.9 Å². The Morgan fingerprint density at radius 3 is 2.38 bits per heavy atom. The average Bonchev–Trinajstić information content (AvgIpc) is 3.15. The summed E-state index contributed by atoms with van der Waals surface area (Å²) in [4.78, 5) is 25.2. The van der Waals surface area contributed by atoms with Crippen LogP contribution in [0, 0.1) is 5.82 Å². The van der Waals surface area contributed by atoms with Crippen molar-refractivity contribution < 1.29 is 24.2 Å². The number of rotatable bonds is 3. The standard InChI is InChI=1S/C15H16FNO4/c16-10-3-1-9(2-4-10)15(5-6-15)14(21)17-8-11(18)7-12(17)13(19)20/h1-4,11-12,18H,5-8H2,(H,19,20)/t11-,12-/m1/s1. The number of hydrogen-bond donors (Lipinski definition) is 2. The highest BCUT2D eigenvalue weighted by Gasteiger charge is 2.56. The first-order valence-electron chi connectivity index (χ1n) is 6.92. The lowest BCUT2D eigenvalue weighted by atomic mass is 9.94. The van der Waals surface area contributed by atoms with Gasteiger partial charge in [0.05, 0.1) is 11.5 Å². The van der Waals surface area contributed by atoms with E-state index in [0.29, 0.717) is 18.4 Å². The molecule has 1 aromatic carbocycles. The van der Waals surface area contributed by atoms with Gasteiger partial charge in [-0.1, -0.05) is 12.1 Å². The molecule has 6 heteroatoms. The van der Waals surface area contributed by atoms with Crippen molar-refractivity contribution in [3.05, 3.63) is 35.6 Å². The van der Waals surface area contributed by atoms with Crippen LogP contribution in [-0.4, -0.2) is 45.7 Å². The summed E-state index contributed by atoms with van der Waals surface area (Å²) in [7, 11) is 0. The molecule has 0 bridgehead atoms. The van der Waals surface area contributed by atoms with Crippen LogP contribution in [0.25, 0.3) is 0 Å². The van der Waals surface area contributed by atoms with Crippen molar-refractivity contribution in [2.75, 3.05) is 6.54 Å². The molecule has 2 atom stereocenters. The number of aliphatic hydroxyl groups is 1. The van der Waals surface area contributed by atoms with Crippen LogP contribution < -0.4 is 0 Å². The monoisotopic (exact) mass is 293 g/mol. The third-order valence-electron chi connectivity index (χ3n) is 4.38. The van der Waals surface area contributed by atoms with Crippen molar-refractivity contribution in [3.8, 4) is 0 Å². The second-order valence-electron chi connectivity index (χ2n) is 5.79. The van der Waals surface area contributed by atoms with Gasteiger partial charge in [-0.2, -0.15) is 0 Å². The minimum Gasteiger partial charge on any atom is -0.480 e. The molecule has 21 heavy (non-hydrogen) atoms. The van der Waals surface area contributed by atoms with Crippen LogP contribution in [0.15, 0.2) is 24.3 Å². The zero-order valence-corrected chi connectivity index (χ0v) is 11.3. The van der Waals surface area contributed by atoms with Gasteiger partial charge in [-0.15, -0.1) is 0 Å². The third-order valence-corrected chi connectivity index (χ3v) is 4.38. The molecule has 2 N–H and O–H groups in total. The molecule has 0 radical (unpaired) electrons. The number of carbonyl (C=O) groups excluding carboxylic acids is 1. The molecule has 1 amide bonds. The number of nitrogens with zero attached hydrogens (tertiary/aromatic N) is 1. The highest BCUT2D eigenvalue weighted by atomic mass is 19.1. The lowest BCUT2D eigenvalue weighted by Gasteiger charge is -2.26. The van der Waals surface area contributed by atoms with E-state index in [1.165, 1.54) is 17.0 Å². The lowest BCUT2D eigenvalue weighted by molar-refractivity contribution is -0.149. The van der Waals surface area contributed by atoms with E-state index in [2.05, 4.69) is 0 Å². The maximum absolute atomic E-state index is 13.0. The van der Waals surface area contributed by atoms with Crippen LogP contribution in [0.2, 0.25) is 0 Å². The maximum atomic E-state index is 13.0. The van der Waals surface area contributed by atoms with Crippen molar-refractivity contribution in [3.63, 3.8) is 0 Å². The first-order valence-corrected chi connectivity index (χ1v) is 6.92. The van der Waals surface area contributed by atoms with E-state index in [0.717, 1.165) is 0 Å². The number of carbonyl (C=O) groups is 2. The number of amides is 1. The first-order chi connectivity index (χ1) is 9.94. The smallest absolute Gasteiger partial charge is 0.326 e. The van der Waals surface area contributed by atoms with Gasteiger partial charge in [-0.25, -0.2) is 9.18 Å². The number of halogens is 1. The topological polar surface area (TPSA) is 77.8 Å². The first kappa shape index (κ1) is 14.0. The van der Waals surface area contributed by atoms with Crippen LogP contribution in [-0.2, 0) is 15.0 Å². The molecule has 1 heterocycles. The van der Waals surface area contributed by atoms with Gasteiger partial charge >= 0.3 is 5.97 Å². The highest BCUT2D eigenvalue weighted by molar-refractivity contribution is 5.94. The number of β-amino-alcohol motifs (C(OH)–C–C–N with tert-alkyl or cyclic N) is 1. The molecule has 5 nitrogen and oxygen atoms in total. The molecule has 1 aromatic rings. The molecular weight excluding hydrogens is 277 g/mol. The molecule has 1 saturated carbocycles. The Morgan fingerprint density at radius 2 is 1.86 bits per heavy atom. The fraction of sp³-hybridized carbons (Fsp3) is 0.467. The van der Waals surface area contributed by atoms with Crippen molar-refractivity contribution in [1.29, 1.82) is 0 Å². The van der Waals surface area contributed by atoms with E-state index < -0.39 is 23.5 Å². The van der Waals surface area contributed by atoms with E-state index >= 15 is 0 Å². The van der Waals surface area contributed by atoms with E-state index in [-0.39, 0.29) is 24.7 Å². The fourth-order valence-electron chi connectivity index (χ4n) is 3.07. The van der Waals surface area contributed by atoms with Gasteiger partial charge in [0.2, 0.25) is 5.91 Å². The molecule has 0 unspecified atom stereocenters. The quantitative estimate of drug-likeness (QED) is 0.868. The second kappa shape index (κ2) is 4.80. The SMILES string of the molecule is O=C(O)[C@H]1C[C@@H](O)CN1C(=O)C1(c2ccc(F)cc2)CC1. The summed E-state index contributed by atoms with van der Waals surface area (Å²) in [6.07, 6.45) is 0.493. The van der Waals surface area contributed by atoms with Gasteiger partial charge in [0, 0.05) is 13.0 Å². The van der Waals surface area contributed by atoms with Gasteiger partial charge in [0.25, 0.3) is 0 Å². The molecule has 1 aliphatic heterocycles. The van der Waals surface area contributed by atoms with Gasteiger partial charge < -0.3 is 15.1 Å². The predicted octanol–water partition coefficient (Wildman–Crippen LogP) is 0.904. The summed E-state index contributed by atoms with van der Waals surface area (Å²) in [6.45, 7) is 0.0404. The summed E-state index contributed by atoms with van der Waals surface area (Å²) in [5.74, 6) is -1.75. The number of aliphatic carboxylic acids is 1. The Kier molecular flexibility index (Phi) is 3.20. The minimum absolute atomic E-state index is 0.0404. The number of aliphatic hydroxyl groups excluding tert-OH is 1. The fourth-order valence-corrected chi connectivity index (χ4v) is 3.07. The van der Waals surface area contributed by atoms with Crippen LogP contribution >= 0.6 is 0 Å². The van der Waals surface area contributed by atoms with Crippen LogP contribution in [0.5, 0.6) is 0 Å².